The number of nitrogens with two attached hydrogens (primary N) is 1. The van der Waals surface area contributed by atoms with Crippen LogP contribution in [0.3, 0.4) is 0 Å². The molecule has 1 aromatic rings. The normalized spacial score (nSPS) is 27.1. The standard InChI is InChI=1S/C16H20N2OS/c17-8-3-4-11-7-9-20-14(11)10-18-16(19)15-12-5-1-2-6-13(12)15/h7,9,12-13,15H,1-2,5-6,8,10,17H2,(H,18,19). The Labute approximate surface area is 123 Å². The Morgan fingerprint density at radius 3 is 2.85 bits per heavy atom. The van der Waals surface area contributed by atoms with Crippen LogP contribution in [0.2, 0.25) is 0 Å². The van der Waals surface area contributed by atoms with Crippen LogP contribution < -0.4 is 11.1 Å². The molecule has 0 bridgehead atoms. The van der Waals surface area contributed by atoms with E-state index in [-0.39, 0.29) is 11.8 Å². The fraction of sp³-hybridized carbons (Fsp3) is 0.562. The summed E-state index contributed by atoms with van der Waals surface area (Å²) in [5.41, 5.74) is 6.39. The molecule has 1 aromatic heterocycles. The van der Waals surface area contributed by atoms with Crippen molar-refractivity contribution < 1.29 is 4.79 Å². The largest absolute Gasteiger partial charge is 0.351 e. The molecule has 2 aliphatic rings. The molecule has 1 amide bonds. The Morgan fingerprint density at radius 2 is 2.15 bits per heavy atom. The molecule has 0 aliphatic heterocycles. The van der Waals surface area contributed by atoms with Crippen LogP contribution >= 0.6 is 11.3 Å². The molecule has 106 valence electrons. The van der Waals surface area contributed by atoms with Crippen molar-refractivity contribution >= 4 is 17.2 Å². The number of nitrogens with one attached hydrogen (secondary N) is 1. The third-order valence-corrected chi connectivity index (χ3v) is 5.37. The van der Waals surface area contributed by atoms with E-state index in [2.05, 4.69) is 17.2 Å². The summed E-state index contributed by atoms with van der Waals surface area (Å²) in [5, 5.41) is 5.11. The highest BCUT2D eigenvalue weighted by Crippen LogP contribution is 2.55. The second-order valence-electron chi connectivity index (χ2n) is 5.62. The first-order valence-electron chi connectivity index (χ1n) is 7.34. The Morgan fingerprint density at radius 1 is 1.40 bits per heavy atom. The molecule has 0 saturated heterocycles. The summed E-state index contributed by atoms with van der Waals surface area (Å²) >= 11 is 1.64. The van der Waals surface area contributed by atoms with Gasteiger partial charge in [0.25, 0.3) is 0 Å². The van der Waals surface area contributed by atoms with Crippen molar-refractivity contribution in [3.05, 3.63) is 21.9 Å². The van der Waals surface area contributed by atoms with Crippen molar-refractivity contribution in [1.82, 2.24) is 5.32 Å². The molecule has 3 rings (SSSR count). The molecule has 2 unspecified atom stereocenters. The molecular weight excluding hydrogens is 268 g/mol. The van der Waals surface area contributed by atoms with Gasteiger partial charge >= 0.3 is 0 Å². The van der Waals surface area contributed by atoms with E-state index >= 15 is 0 Å². The minimum absolute atomic E-state index is 0.244. The van der Waals surface area contributed by atoms with Crippen molar-refractivity contribution in [2.24, 2.45) is 23.5 Å². The van der Waals surface area contributed by atoms with Gasteiger partial charge < -0.3 is 11.1 Å². The van der Waals surface area contributed by atoms with Crippen LogP contribution in [0.1, 0.15) is 36.1 Å². The molecule has 0 spiro atoms. The molecular formula is C16H20N2OS. The van der Waals surface area contributed by atoms with E-state index in [9.17, 15) is 4.79 Å². The first-order valence-corrected chi connectivity index (χ1v) is 8.22. The Kier molecular flexibility index (Phi) is 4.09. The first-order chi connectivity index (χ1) is 9.81. The third kappa shape index (κ3) is 2.74. The van der Waals surface area contributed by atoms with Gasteiger partial charge in [0.1, 0.15) is 0 Å². The lowest BCUT2D eigenvalue weighted by molar-refractivity contribution is -0.123. The number of hydrogen-bond acceptors (Lipinski definition) is 3. The summed E-state index contributed by atoms with van der Waals surface area (Å²) in [5.74, 6) is 7.79. The summed E-state index contributed by atoms with van der Waals surface area (Å²) in [4.78, 5) is 13.4. The number of amides is 1. The van der Waals surface area contributed by atoms with Gasteiger partial charge in [0.15, 0.2) is 0 Å². The number of thiophene rings is 1. The van der Waals surface area contributed by atoms with Crippen molar-refractivity contribution in [2.75, 3.05) is 6.54 Å². The predicted octanol–water partition coefficient (Wildman–Crippen LogP) is 2.11. The third-order valence-electron chi connectivity index (χ3n) is 4.45. The SMILES string of the molecule is NCC#Cc1ccsc1CNC(=O)C1C2CCCCC21. The molecule has 2 atom stereocenters. The summed E-state index contributed by atoms with van der Waals surface area (Å²) in [6.07, 6.45) is 5.09. The summed E-state index contributed by atoms with van der Waals surface area (Å²) in [6, 6.07) is 1.99. The van der Waals surface area contributed by atoms with Crippen LogP contribution in [0.4, 0.5) is 0 Å². The van der Waals surface area contributed by atoms with E-state index in [1.54, 1.807) is 11.3 Å². The van der Waals surface area contributed by atoms with Crippen LogP contribution in [0.25, 0.3) is 0 Å². The molecule has 0 aromatic carbocycles. The Balaban J connectivity index is 1.55. The number of fused-ring (bicyclic) bond motifs is 1. The zero-order valence-electron chi connectivity index (χ0n) is 11.5. The predicted molar refractivity (Wildman–Crippen MR) is 81.0 cm³/mol. The van der Waals surface area contributed by atoms with Crippen LogP contribution in [0, 0.1) is 29.6 Å². The monoisotopic (exact) mass is 288 g/mol. The molecule has 2 aliphatic carbocycles. The summed E-state index contributed by atoms with van der Waals surface area (Å²) < 4.78 is 0. The van der Waals surface area contributed by atoms with Gasteiger partial charge in [-0.05, 0) is 36.1 Å². The lowest BCUT2D eigenvalue weighted by atomic mass is 10.0. The molecule has 0 radical (unpaired) electrons. The molecule has 3 nitrogen and oxygen atoms in total. The van der Waals surface area contributed by atoms with Crippen LogP contribution in [-0.4, -0.2) is 12.5 Å². The maximum absolute atomic E-state index is 12.2. The topological polar surface area (TPSA) is 55.1 Å². The van der Waals surface area contributed by atoms with Gasteiger partial charge in [-0.1, -0.05) is 24.7 Å². The lowest BCUT2D eigenvalue weighted by Crippen LogP contribution is -2.25. The van der Waals surface area contributed by atoms with Crippen LogP contribution in [-0.2, 0) is 11.3 Å². The maximum atomic E-state index is 12.2. The van der Waals surface area contributed by atoms with E-state index in [1.807, 2.05) is 11.4 Å². The highest BCUT2D eigenvalue weighted by molar-refractivity contribution is 7.10. The Bertz CT molecular complexity index is 542. The van der Waals surface area contributed by atoms with Gasteiger partial charge in [-0.2, -0.15) is 0 Å². The highest BCUT2D eigenvalue weighted by Gasteiger charge is 2.54. The zero-order chi connectivity index (χ0) is 13.9. The minimum Gasteiger partial charge on any atom is -0.351 e. The van der Waals surface area contributed by atoms with Crippen molar-refractivity contribution in [1.29, 1.82) is 0 Å². The van der Waals surface area contributed by atoms with Crippen LogP contribution in [0.15, 0.2) is 11.4 Å². The van der Waals surface area contributed by atoms with E-state index in [4.69, 9.17) is 5.73 Å². The van der Waals surface area contributed by atoms with Gasteiger partial charge in [0, 0.05) is 16.4 Å². The fourth-order valence-electron chi connectivity index (χ4n) is 3.40. The lowest BCUT2D eigenvalue weighted by Gasteiger charge is -2.04. The Hall–Kier alpha value is -1.31. The average Bonchev–Trinajstić information content (AvgIpc) is 3.04. The van der Waals surface area contributed by atoms with E-state index in [1.165, 1.54) is 25.7 Å². The maximum Gasteiger partial charge on any atom is 0.223 e. The number of carbonyl (C=O) groups excluding carboxylic acids is 1. The van der Waals surface area contributed by atoms with E-state index in [0.717, 1.165) is 10.4 Å². The quantitative estimate of drug-likeness (QED) is 0.837. The van der Waals surface area contributed by atoms with Crippen molar-refractivity contribution in [3.63, 3.8) is 0 Å². The second-order valence-corrected chi connectivity index (χ2v) is 6.62. The molecule has 4 heteroatoms. The van der Waals surface area contributed by atoms with Crippen molar-refractivity contribution in [3.8, 4) is 11.8 Å². The molecule has 3 N–H and O–H groups in total. The first kappa shape index (κ1) is 13.7. The number of carbonyl (C=O) groups is 1. The van der Waals surface area contributed by atoms with E-state index < -0.39 is 0 Å². The summed E-state index contributed by atoms with van der Waals surface area (Å²) in [6.45, 7) is 0.966. The van der Waals surface area contributed by atoms with Gasteiger partial charge in [-0.15, -0.1) is 11.3 Å². The average molecular weight is 288 g/mol. The van der Waals surface area contributed by atoms with Gasteiger partial charge in [-0.3, -0.25) is 4.79 Å². The highest BCUT2D eigenvalue weighted by atomic mass is 32.1. The van der Waals surface area contributed by atoms with Crippen LogP contribution in [0.5, 0.6) is 0 Å². The number of hydrogen-bond donors (Lipinski definition) is 2. The second kappa shape index (κ2) is 5.99. The smallest absolute Gasteiger partial charge is 0.223 e. The molecule has 1 heterocycles. The van der Waals surface area contributed by atoms with Gasteiger partial charge in [0.05, 0.1) is 13.1 Å². The molecule has 2 fully saturated rings. The fourth-order valence-corrected chi connectivity index (χ4v) is 4.17. The molecule has 20 heavy (non-hydrogen) atoms. The van der Waals surface area contributed by atoms with E-state index in [0.29, 0.717) is 24.9 Å². The van der Waals surface area contributed by atoms with Gasteiger partial charge in [0.2, 0.25) is 5.91 Å². The van der Waals surface area contributed by atoms with Crippen molar-refractivity contribution in [2.45, 2.75) is 32.2 Å². The summed E-state index contributed by atoms with van der Waals surface area (Å²) in [7, 11) is 0. The minimum atomic E-state index is 0.244. The zero-order valence-corrected chi connectivity index (χ0v) is 12.3. The number of rotatable bonds is 3. The molecule has 2 saturated carbocycles. The van der Waals surface area contributed by atoms with Gasteiger partial charge in [-0.25, -0.2) is 0 Å².